The summed E-state index contributed by atoms with van der Waals surface area (Å²) in [7, 11) is 2.83. The quantitative estimate of drug-likeness (QED) is 0.609. The van der Waals surface area contributed by atoms with Crippen LogP contribution in [0, 0.1) is 0 Å². The van der Waals surface area contributed by atoms with Gasteiger partial charge in [-0.1, -0.05) is 12.1 Å². The van der Waals surface area contributed by atoms with E-state index >= 15 is 0 Å². The van der Waals surface area contributed by atoms with Gasteiger partial charge in [-0.25, -0.2) is 0 Å². The average Bonchev–Trinajstić information content (AvgIpc) is 3.17. The fraction of sp³-hybridized carbons (Fsp3) is 0.409. The smallest absolute Gasteiger partial charge is 0.303 e. The Bertz CT molecular complexity index is 1010. The number of hydrogen-bond donors (Lipinski definition) is 3. The van der Waals surface area contributed by atoms with Crippen LogP contribution in [-0.2, 0) is 19.0 Å². The zero-order valence-corrected chi connectivity index (χ0v) is 17.3. The number of aliphatic hydroxyl groups is 1. The van der Waals surface area contributed by atoms with Gasteiger partial charge in [0.15, 0.2) is 34.2 Å². The van der Waals surface area contributed by atoms with E-state index in [0.717, 1.165) is 0 Å². The summed E-state index contributed by atoms with van der Waals surface area (Å²) < 4.78 is 28.0. The summed E-state index contributed by atoms with van der Waals surface area (Å²) in [5, 5.41) is 31.6. The van der Waals surface area contributed by atoms with Gasteiger partial charge in [0.1, 0.15) is 12.2 Å². The predicted octanol–water partition coefficient (Wildman–Crippen LogP) is 1.99. The number of benzene rings is 2. The van der Waals surface area contributed by atoms with Crippen LogP contribution in [0.1, 0.15) is 30.3 Å². The van der Waals surface area contributed by atoms with Gasteiger partial charge in [-0.05, 0) is 35.4 Å². The van der Waals surface area contributed by atoms with Crippen LogP contribution >= 0.6 is 0 Å². The number of rotatable bonds is 5. The number of aromatic hydroxyl groups is 2. The van der Waals surface area contributed by atoms with E-state index in [-0.39, 0.29) is 36.2 Å². The Morgan fingerprint density at radius 2 is 1.45 bits per heavy atom. The zero-order chi connectivity index (χ0) is 22.4. The molecule has 31 heavy (non-hydrogen) atoms. The van der Waals surface area contributed by atoms with Crippen LogP contribution in [-0.4, -0.2) is 59.9 Å². The standard InChI is InChI=1S/C22H24O9/c1-12(23)31-22-11-30-19(13-4-6-15(24)17(8-13)27-2)21(22,26)10-29-20(22)14-5-7-16(25)18(9-14)28-3/h4-9,19-20,24-26H,10-11H2,1-3H3. The summed E-state index contributed by atoms with van der Waals surface area (Å²) in [5.41, 5.74) is -2.20. The van der Waals surface area contributed by atoms with Gasteiger partial charge < -0.3 is 39.0 Å². The number of phenolic OH excluding ortho intramolecular Hbond substituents is 2. The molecular formula is C22H24O9. The Kier molecular flexibility index (Phi) is 5.20. The first-order valence-electron chi connectivity index (χ1n) is 9.64. The van der Waals surface area contributed by atoms with E-state index in [1.165, 1.54) is 33.3 Å². The molecule has 0 aromatic heterocycles. The molecule has 0 radical (unpaired) electrons. The maximum Gasteiger partial charge on any atom is 0.303 e. The second kappa shape index (κ2) is 7.60. The molecule has 0 bridgehead atoms. The van der Waals surface area contributed by atoms with Crippen LogP contribution in [0.5, 0.6) is 23.0 Å². The van der Waals surface area contributed by atoms with Gasteiger partial charge in [0.05, 0.1) is 27.4 Å². The van der Waals surface area contributed by atoms with Crippen molar-refractivity contribution in [1.29, 1.82) is 0 Å². The largest absolute Gasteiger partial charge is 0.504 e. The van der Waals surface area contributed by atoms with Crippen LogP contribution in [0.15, 0.2) is 36.4 Å². The van der Waals surface area contributed by atoms with Crippen molar-refractivity contribution >= 4 is 5.97 Å². The fourth-order valence-corrected chi connectivity index (χ4v) is 4.42. The summed E-state index contributed by atoms with van der Waals surface area (Å²) in [6.45, 7) is 0.936. The van der Waals surface area contributed by atoms with Crippen molar-refractivity contribution < 1.29 is 43.8 Å². The Hall–Kier alpha value is -3.01. The van der Waals surface area contributed by atoms with E-state index in [1.54, 1.807) is 24.3 Å². The van der Waals surface area contributed by atoms with E-state index in [0.29, 0.717) is 11.1 Å². The predicted molar refractivity (Wildman–Crippen MR) is 106 cm³/mol. The number of esters is 1. The molecule has 3 N–H and O–H groups in total. The average molecular weight is 432 g/mol. The molecule has 0 saturated carbocycles. The number of hydrogen-bond acceptors (Lipinski definition) is 9. The van der Waals surface area contributed by atoms with Gasteiger partial charge in [0.2, 0.25) is 0 Å². The molecule has 2 aliphatic heterocycles. The lowest BCUT2D eigenvalue weighted by Crippen LogP contribution is -2.56. The molecule has 2 aromatic rings. The van der Waals surface area contributed by atoms with Crippen molar-refractivity contribution in [3.05, 3.63) is 47.5 Å². The molecule has 2 heterocycles. The summed E-state index contributed by atoms with van der Waals surface area (Å²) in [4.78, 5) is 12.1. The molecule has 0 amide bonds. The fourth-order valence-electron chi connectivity index (χ4n) is 4.42. The summed E-state index contributed by atoms with van der Waals surface area (Å²) in [6, 6.07) is 9.20. The van der Waals surface area contributed by atoms with Gasteiger partial charge in [-0.2, -0.15) is 0 Å². The molecule has 9 nitrogen and oxygen atoms in total. The lowest BCUT2D eigenvalue weighted by molar-refractivity contribution is -0.181. The summed E-state index contributed by atoms with van der Waals surface area (Å²) in [5.74, 6) is -0.286. The van der Waals surface area contributed by atoms with Gasteiger partial charge in [-0.15, -0.1) is 0 Å². The number of methoxy groups -OCH3 is 2. The monoisotopic (exact) mass is 432 g/mol. The number of fused-ring (bicyclic) bond motifs is 1. The van der Waals surface area contributed by atoms with Crippen LogP contribution in [0.2, 0.25) is 0 Å². The number of carbonyl (C=O) groups is 1. The Balaban J connectivity index is 1.79. The molecule has 0 spiro atoms. The lowest BCUT2D eigenvalue weighted by Gasteiger charge is -2.37. The molecule has 4 unspecified atom stereocenters. The minimum absolute atomic E-state index is 0.0563. The van der Waals surface area contributed by atoms with E-state index in [1.807, 2.05) is 0 Å². The maximum atomic E-state index is 12.1. The van der Waals surface area contributed by atoms with Crippen LogP contribution in [0.25, 0.3) is 0 Å². The second-order valence-corrected chi connectivity index (χ2v) is 7.65. The molecule has 9 heteroatoms. The van der Waals surface area contributed by atoms with Gasteiger partial charge >= 0.3 is 5.97 Å². The topological polar surface area (TPSA) is 124 Å². The third-order valence-electron chi connectivity index (χ3n) is 5.86. The third-order valence-corrected chi connectivity index (χ3v) is 5.86. The van der Waals surface area contributed by atoms with Gasteiger partial charge in [0.25, 0.3) is 0 Å². The highest BCUT2D eigenvalue weighted by atomic mass is 16.7. The highest BCUT2D eigenvalue weighted by molar-refractivity contribution is 5.67. The lowest BCUT2D eigenvalue weighted by atomic mass is 9.76. The molecule has 0 aliphatic carbocycles. The minimum Gasteiger partial charge on any atom is -0.504 e. The summed E-state index contributed by atoms with van der Waals surface area (Å²) >= 11 is 0. The molecule has 4 rings (SSSR count). The van der Waals surface area contributed by atoms with Crippen LogP contribution in [0.4, 0.5) is 0 Å². The first-order chi connectivity index (χ1) is 14.8. The highest BCUT2D eigenvalue weighted by Crippen LogP contribution is 2.58. The van der Waals surface area contributed by atoms with Crippen molar-refractivity contribution in [2.45, 2.75) is 30.3 Å². The molecular weight excluding hydrogens is 408 g/mol. The van der Waals surface area contributed by atoms with Crippen LogP contribution < -0.4 is 9.47 Å². The molecule has 2 saturated heterocycles. The highest BCUT2D eigenvalue weighted by Gasteiger charge is 2.72. The normalized spacial score (nSPS) is 29.4. The molecule has 2 fully saturated rings. The number of carbonyl (C=O) groups excluding carboxylic acids is 1. The van der Waals surface area contributed by atoms with Gasteiger partial charge in [0, 0.05) is 6.92 Å². The zero-order valence-electron chi connectivity index (χ0n) is 17.3. The SMILES string of the molecule is COc1cc(C2OCC3(OC(C)=O)C(c4ccc(O)c(OC)c4)OCC23O)ccc1O. The molecule has 2 aliphatic rings. The van der Waals surface area contributed by atoms with Crippen LogP contribution in [0.3, 0.4) is 0 Å². The Morgan fingerprint density at radius 1 is 0.935 bits per heavy atom. The van der Waals surface area contributed by atoms with E-state index < -0.39 is 29.4 Å². The second-order valence-electron chi connectivity index (χ2n) is 7.65. The minimum atomic E-state index is -1.73. The molecule has 4 atom stereocenters. The summed E-state index contributed by atoms with van der Waals surface area (Å²) in [6.07, 6.45) is -1.79. The van der Waals surface area contributed by atoms with Crippen molar-refractivity contribution in [2.75, 3.05) is 27.4 Å². The van der Waals surface area contributed by atoms with Crippen molar-refractivity contribution in [2.24, 2.45) is 0 Å². The number of phenols is 2. The maximum absolute atomic E-state index is 12.1. The Morgan fingerprint density at radius 3 is 1.97 bits per heavy atom. The van der Waals surface area contributed by atoms with E-state index in [4.69, 9.17) is 23.7 Å². The molecule has 2 aromatic carbocycles. The third kappa shape index (κ3) is 3.16. The first-order valence-corrected chi connectivity index (χ1v) is 9.64. The van der Waals surface area contributed by atoms with E-state index in [9.17, 15) is 20.1 Å². The van der Waals surface area contributed by atoms with Crippen molar-refractivity contribution in [1.82, 2.24) is 0 Å². The Labute approximate surface area is 178 Å². The van der Waals surface area contributed by atoms with E-state index in [2.05, 4.69) is 0 Å². The number of ether oxygens (including phenoxy) is 5. The first kappa shape index (κ1) is 21.2. The van der Waals surface area contributed by atoms with Crippen molar-refractivity contribution in [3.8, 4) is 23.0 Å². The van der Waals surface area contributed by atoms with Crippen molar-refractivity contribution in [3.63, 3.8) is 0 Å². The molecule has 166 valence electrons. The van der Waals surface area contributed by atoms with Gasteiger partial charge in [-0.3, -0.25) is 4.79 Å².